The monoisotopic (exact) mass is 344 g/mol. The van der Waals surface area contributed by atoms with Crippen LogP contribution < -0.4 is 16.6 Å². The molecule has 1 aliphatic carbocycles. The highest BCUT2D eigenvalue weighted by Gasteiger charge is 2.26. The Kier molecular flexibility index (Phi) is 5.20. The van der Waals surface area contributed by atoms with Gasteiger partial charge in [0.15, 0.2) is 5.16 Å². The van der Waals surface area contributed by atoms with Crippen molar-refractivity contribution in [3.05, 3.63) is 52.3 Å². The number of aromatic nitrogens is 2. The van der Waals surface area contributed by atoms with Crippen molar-refractivity contribution in [1.29, 1.82) is 0 Å². The molecule has 1 amide bonds. The standard InChI is InChI=1S/C17H20N4O2S/c18-13-10-14(22)21-17(20-13)24-15(11-6-2-1-3-7-11)16(23)19-12-8-4-5-9-12/h1-3,6-7,10,12,15H,4-5,8-9H2,(H,19,23)(H3,18,20,21,22)/t15-/m0/s1. The number of hydrogen-bond donors (Lipinski definition) is 3. The van der Waals surface area contributed by atoms with E-state index in [9.17, 15) is 9.59 Å². The van der Waals surface area contributed by atoms with E-state index in [-0.39, 0.29) is 23.3 Å². The van der Waals surface area contributed by atoms with Crippen molar-refractivity contribution in [2.24, 2.45) is 0 Å². The molecule has 2 aromatic rings. The molecule has 1 atom stereocenters. The van der Waals surface area contributed by atoms with Crippen LogP contribution in [-0.4, -0.2) is 21.9 Å². The average Bonchev–Trinajstić information content (AvgIpc) is 3.05. The molecule has 4 N–H and O–H groups in total. The van der Waals surface area contributed by atoms with E-state index in [2.05, 4.69) is 15.3 Å². The largest absolute Gasteiger partial charge is 0.383 e. The van der Waals surface area contributed by atoms with Crippen LogP contribution in [0.1, 0.15) is 36.5 Å². The number of nitrogens with zero attached hydrogens (tertiary/aromatic N) is 1. The Hall–Kier alpha value is -2.28. The molecule has 1 saturated carbocycles. The number of rotatable bonds is 5. The van der Waals surface area contributed by atoms with Crippen molar-refractivity contribution in [2.75, 3.05) is 5.73 Å². The molecule has 0 radical (unpaired) electrons. The third kappa shape index (κ3) is 4.17. The molecule has 6 nitrogen and oxygen atoms in total. The van der Waals surface area contributed by atoms with E-state index in [1.54, 1.807) is 0 Å². The minimum absolute atomic E-state index is 0.0665. The summed E-state index contributed by atoms with van der Waals surface area (Å²) in [6, 6.07) is 10.9. The Morgan fingerprint density at radius 1 is 1.29 bits per heavy atom. The number of anilines is 1. The van der Waals surface area contributed by atoms with E-state index in [0.717, 1.165) is 31.2 Å². The van der Waals surface area contributed by atoms with E-state index < -0.39 is 5.25 Å². The molecule has 1 heterocycles. The quantitative estimate of drug-likeness (QED) is 0.570. The molecule has 0 aliphatic heterocycles. The summed E-state index contributed by atoms with van der Waals surface area (Å²) < 4.78 is 0. The van der Waals surface area contributed by atoms with Gasteiger partial charge in [0, 0.05) is 12.1 Å². The fourth-order valence-corrected chi connectivity index (χ4v) is 3.88. The van der Waals surface area contributed by atoms with Crippen LogP contribution in [0.3, 0.4) is 0 Å². The van der Waals surface area contributed by atoms with Crippen LogP contribution in [0.5, 0.6) is 0 Å². The number of benzene rings is 1. The summed E-state index contributed by atoms with van der Waals surface area (Å²) in [6.07, 6.45) is 4.34. The first-order chi connectivity index (χ1) is 11.6. The molecule has 1 aromatic heterocycles. The first-order valence-corrected chi connectivity index (χ1v) is 8.88. The Morgan fingerprint density at radius 3 is 2.67 bits per heavy atom. The lowest BCUT2D eigenvalue weighted by atomic mass is 10.1. The second kappa shape index (κ2) is 7.53. The fraction of sp³-hybridized carbons (Fsp3) is 0.353. The SMILES string of the molecule is Nc1cc(=O)[nH]c(S[C@H](C(=O)NC2CCCC2)c2ccccc2)n1. The number of nitrogens with two attached hydrogens (primary N) is 1. The van der Waals surface area contributed by atoms with Crippen LogP contribution in [0.25, 0.3) is 0 Å². The molecule has 1 aliphatic rings. The van der Waals surface area contributed by atoms with Gasteiger partial charge in [0.25, 0.3) is 5.56 Å². The topological polar surface area (TPSA) is 101 Å². The van der Waals surface area contributed by atoms with Gasteiger partial charge in [0.05, 0.1) is 0 Å². The van der Waals surface area contributed by atoms with E-state index in [0.29, 0.717) is 5.16 Å². The Labute approximate surface area is 144 Å². The van der Waals surface area contributed by atoms with Crippen molar-refractivity contribution in [2.45, 2.75) is 42.1 Å². The number of thioether (sulfide) groups is 1. The van der Waals surface area contributed by atoms with Gasteiger partial charge in [0.2, 0.25) is 5.91 Å². The third-order valence-corrected chi connectivity index (χ3v) is 5.15. The van der Waals surface area contributed by atoms with Crippen molar-refractivity contribution in [3.8, 4) is 0 Å². The minimum atomic E-state index is -0.489. The number of amides is 1. The minimum Gasteiger partial charge on any atom is -0.383 e. The number of nitrogen functional groups attached to an aromatic ring is 1. The van der Waals surface area contributed by atoms with Crippen LogP contribution in [0, 0.1) is 0 Å². The maximum atomic E-state index is 12.8. The molecule has 0 saturated heterocycles. The highest BCUT2D eigenvalue weighted by molar-refractivity contribution is 8.00. The van der Waals surface area contributed by atoms with Crippen LogP contribution in [0.4, 0.5) is 5.82 Å². The average molecular weight is 344 g/mol. The molecule has 0 spiro atoms. The molecule has 7 heteroatoms. The lowest BCUT2D eigenvalue weighted by Gasteiger charge is -2.19. The molecule has 126 valence electrons. The zero-order valence-corrected chi connectivity index (χ0v) is 14.0. The van der Waals surface area contributed by atoms with E-state index in [1.807, 2.05) is 30.3 Å². The van der Waals surface area contributed by atoms with Crippen molar-refractivity contribution >= 4 is 23.5 Å². The summed E-state index contributed by atoms with van der Waals surface area (Å²) in [4.78, 5) is 31.1. The first kappa shape index (κ1) is 16.6. The molecule has 0 unspecified atom stereocenters. The van der Waals surface area contributed by atoms with Crippen LogP contribution >= 0.6 is 11.8 Å². The van der Waals surface area contributed by atoms with Gasteiger partial charge in [-0.3, -0.25) is 9.59 Å². The highest BCUT2D eigenvalue weighted by Crippen LogP contribution is 2.34. The fourth-order valence-electron chi connectivity index (χ4n) is 2.87. The van der Waals surface area contributed by atoms with Gasteiger partial charge < -0.3 is 16.0 Å². The van der Waals surface area contributed by atoms with Gasteiger partial charge in [0.1, 0.15) is 11.1 Å². The van der Waals surface area contributed by atoms with Gasteiger partial charge >= 0.3 is 0 Å². The maximum absolute atomic E-state index is 12.8. The number of nitrogens with one attached hydrogen (secondary N) is 2. The number of carbonyl (C=O) groups excluding carboxylic acids is 1. The molecule has 3 rings (SSSR count). The summed E-state index contributed by atoms with van der Waals surface area (Å²) in [5.74, 6) is 0.0763. The lowest BCUT2D eigenvalue weighted by molar-refractivity contribution is -0.121. The number of aromatic amines is 1. The van der Waals surface area contributed by atoms with E-state index in [1.165, 1.54) is 17.8 Å². The van der Waals surface area contributed by atoms with Gasteiger partial charge in [-0.05, 0) is 18.4 Å². The summed E-state index contributed by atoms with van der Waals surface area (Å²) in [5.41, 5.74) is 6.18. The maximum Gasteiger partial charge on any atom is 0.253 e. The lowest BCUT2D eigenvalue weighted by Crippen LogP contribution is -2.35. The zero-order valence-electron chi connectivity index (χ0n) is 13.2. The van der Waals surface area contributed by atoms with Gasteiger partial charge in [-0.1, -0.05) is 54.9 Å². The van der Waals surface area contributed by atoms with Crippen molar-refractivity contribution in [1.82, 2.24) is 15.3 Å². The predicted octanol–water partition coefficient (Wildman–Crippen LogP) is 2.24. The Balaban J connectivity index is 1.84. The Morgan fingerprint density at radius 2 is 2.00 bits per heavy atom. The second-order valence-electron chi connectivity index (χ2n) is 5.87. The van der Waals surface area contributed by atoms with E-state index >= 15 is 0 Å². The van der Waals surface area contributed by atoms with Crippen molar-refractivity contribution in [3.63, 3.8) is 0 Å². The number of carbonyl (C=O) groups is 1. The van der Waals surface area contributed by atoms with Gasteiger partial charge in [-0.2, -0.15) is 0 Å². The molecular weight excluding hydrogens is 324 g/mol. The Bertz CT molecular complexity index is 757. The number of hydrogen-bond acceptors (Lipinski definition) is 5. The normalized spacial score (nSPS) is 16.0. The molecule has 24 heavy (non-hydrogen) atoms. The van der Waals surface area contributed by atoms with E-state index in [4.69, 9.17) is 5.73 Å². The van der Waals surface area contributed by atoms with Crippen molar-refractivity contribution < 1.29 is 4.79 Å². The summed E-state index contributed by atoms with van der Waals surface area (Å²) in [5, 5.41) is 2.97. The van der Waals surface area contributed by atoms with Crippen LogP contribution in [0.2, 0.25) is 0 Å². The molecule has 0 bridgehead atoms. The third-order valence-electron chi connectivity index (χ3n) is 4.01. The van der Waals surface area contributed by atoms with Crippen LogP contribution in [0.15, 0.2) is 46.3 Å². The second-order valence-corrected chi connectivity index (χ2v) is 6.97. The first-order valence-electron chi connectivity index (χ1n) is 8.00. The van der Waals surface area contributed by atoms with Crippen LogP contribution in [-0.2, 0) is 4.79 Å². The zero-order chi connectivity index (χ0) is 16.9. The van der Waals surface area contributed by atoms with Gasteiger partial charge in [-0.15, -0.1) is 0 Å². The summed E-state index contributed by atoms with van der Waals surface area (Å²) in [6.45, 7) is 0. The highest BCUT2D eigenvalue weighted by atomic mass is 32.2. The predicted molar refractivity (Wildman–Crippen MR) is 94.7 cm³/mol. The number of H-pyrrole nitrogens is 1. The molecular formula is C17H20N4O2S. The molecule has 1 fully saturated rings. The summed E-state index contributed by atoms with van der Waals surface area (Å²) >= 11 is 1.20. The summed E-state index contributed by atoms with van der Waals surface area (Å²) in [7, 11) is 0. The van der Waals surface area contributed by atoms with Gasteiger partial charge in [-0.25, -0.2) is 4.98 Å². The smallest absolute Gasteiger partial charge is 0.253 e. The molecule has 1 aromatic carbocycles.